The summed E-state index contributed by atoms with van der Waals surface area (Å²) in [6.45, 7) is 6.54. The van der Waals surface area contributed by atoms with Crippen molar-refractivity contribution in [1.29, 1.82) is 0 Å². The molecule has 0 aliphatic rings. The van der Waals surface area contributed by atoms with Gasteiger partial charge in [0.05, 0.1) is 5.69 Å². The van der Waals surface area contributed by atoms with E-state index in [1.54, 1.807) is 17.9 Å². The lowest BCUT2D eigenvalue weighted by molar-refractivity contribution is -0.132. The van der Waals surface area contributed by atoms with Gasteiger partial charge in [-0.25, -0.2) is 4.79 Å². The van der Waals surface area contributed by atoms with E-state index in [4.69, 9.17) is 9.47 Å². The van der Waals surface area contributed by atoms with E-state index in [1.165, 1.54) is 6.92 Å². The minimum absolute atomic E-state index is 0.308. The van der Waals surface area contributed by atoms with Gasteiger partial charge in [-0.05, 0) is 6.92 Å². The van der Waals surface area contributed by atoms with Gasteiger partial charge in [0.25, 0.3) is 0 Å². The van der Waals surface area contributed by atoms with Gasteiger partial charge >= 0.3 is 11.9 Å². The number of hydrogen-bond acceptors (Lipinski definition) is 5. The summed E-state index contributed by atoms with van der Waals surface area (Å²) in [7, 11) is 3.64. The molecule has 2 aromatic rings. The van der Waals surface area contributed by atoms with Crippen LogP contribution in [0.1, 0.15) is 13.8 Å². The first-order chi connectivity index (χ1) is 10.8. The van der Waals surface area contributed by atoms with E-state index in [1.807, 2.05) is 38.4 Å². The van der Waals surface area contributed by atoms with Gasteiger partial charge in [-0.15, -0.1) is 0 Å². The molecule has 0 atom stereocenters. The summed E-state index contributed by atoms with van der Waals surface area (Å²) in [4.78, 5) is 25.1. The maximum Gasteiger partial charge on any atom is 0.338 e. The minimum Gasteiger partial charge on any atom is -0.426 e. The third kappa shape index (κ3) is 3.51. The molecule has 0 N–H and O–H groups in total. The van der Waals surface area contributed by atoms with Crippen LogP contribution < -0.4 is 14.4 Å². The molecule has 0 unspecified atom stereocenters. The van der Waals surface area contributed by atoms with E-state index >= 15 is 0 Å². The Morgan fingerprint density at radius 1 is 1.04 bits per heavy atom. The number of esters is 2. The molecule has 0 amide bonds. The van der Waals surface area contributed by atoms with Crippen LogP contribution in [0, 0.1) is 0 Å². The molecule has 120 valence electrons. The second-order valence-corrected chi connectivity index (χ2v) is 5.43. The smallest absolute Gasteiger partial charge is 0.338 e. The van der Waals surface area contributed by atoms with Crippen molar-refractivity contribution in [2.75, 3.05) is 19.0 Å². The first-order valence-corrected chi connectivity index (χ1v) is 7.10. The fraction of sp³-hybridized carbons (Fsp3) is 0.222. The average Bonchev–Trinajstić information content (AvgIpc) is 2.48. The van der Waals surface area contributed by atoms with Crippen molar-refractivity contribution in [2.45, 2.75) is 13.8 Å². The number of carbonyl (C=O) groups is 2. The zero-order valence-corrected chi connectivity index (χ0v) is 13.7. The Kier molecular flexibility index (Phi) is 4.69. The zero-order chi connectivity index (χ0) is 17.1. The van der Waals surface area contributed by atoms with Crippen LogP contribution in [0.15, 0.2) is 42.5 Å². The molecule has 5 nitrogen and oxygen atoms in total. The number of nitrogens with zero attached hydrogens (tertiary/aromatic N) is 1. The molecule has 0 fully saturated rings. The number of anilines is 1. The zero-order valence-electron chi connectivity index (χ0n) is 13.7. The second-order valence-electron chi connectivity index (χ2n) is 5.43. The van der Waals surface area contributed by atoms with Gasteiger partial charge in [0.2, 0.25) is 0 Å². The maximum absolute atomic E-state index is 12.0. The highest BCUT2D eigenvalue weighted by Gasteiger charge is 2.19. The SMILES string of the molecule is C=C(C)C(=O)Oc1c(N(C)C)cc(OC(C)=O)c2ccccc12. The molecule has 0 aromatic heterocycles. The van der Waals surface area contributed by atoms with Crippen molar-refractivity contribution in [2.24, 2.45) is 0 Å². The van der Waals surface area contributed by atoms with Crippen LogP contribution in [0.2, 0.25) is 0 Å². The Labute approximate surface area is 135 Å². The quantitative estimate of drug-likeness (QED) is 0.492. The molecule has 0 saturated heterocycles. The molecule has 0 radical (unpaired) electrons. The summed E-state index contributed by atoms with van der Waals surface area (Å²) in [5, 5.41) is 1.38. The Morgan fingerprint density at radius 3 is 2.17 bits per heavy atom. The number of rotatable bonds is 4. The normalized spacial score (nSPS) is 10.3. The maximum atomic E-state index is 12.0. The van der Waals surface area contributed by atoms with E-state index in [0.29, 0.717) is 33.5 Å². The second kappa shape index (κ2) is 6.52. The Morgan fingerprint density at radius 2 is 1.65 bits per heavy atom. The lowest BCUT2D eigenvalue weighted by Crippen LogP contribution is -2.15. The molecular formula is C18H19NO4. The molecule has 2 aromatic carbocycles. The van der Waals surface area contributed by atoms with Crippen molar-refractivity contribution in [3.8, 4) is 11.5 Å². The van der Waals surface area contributed by atoms with Crippen molar-refractivity contribution < 1.29 is 19.1 Å². The van der Waals surface area contributed by atoms with Gasteiger partial charge < -0.3 is 14.4 Å². The molecule has 0 aliphatic heterocycles. The summed E-state index contributed by atoms with van der Waals surface area (Å²) >= 11 is 0. The van der Waals surface area contributed by atoms with E-state index in [2.05, 4.69) is 6.58 Å². The van der Waals surface area contributed by atoms with Crippen LogP contribution >= 0.6 is 0 Å². The number of ether oxygens (including phenoxy) is 2. The van der Waals surface area contributed by atoms with Crippen LogP contribution in [0.5, 0.6) is 11.5 Å². The van der Waals surface area contributed by atoms with E-state index in [-0.39, 0.29) is 0 Å². The van der Waals surface area contributed by atoms with Crippen LogP contribution in [0.25, 0.3) is 10.8 Å². The lowest BCUT2D eigenvalue weighted by Gasteiger charge is -2.20. The average molecular weight is 313 g/mol. The molecule has 0 saturated carbocycles. The summed E-state index contributed by atoms with van der Waals surface area (Å²) in [5.41, 5.74) is 0.942. The number of hydrogen-bond donors (Lipinski definition) is 0. The van der Waals surface area contributed by atoms with E-state index in [9.17, 15) is 9.59 Å². The third-order valence-electron chi connectivity index (χ3n) is 3.22. The number of carbonyl (C=O) groups excluding carboxylic acids is 2. The lowest BCUT2D eigenvalue weighted by atomic mass is 10.1. The molecule has 23 heavy (non-hydrogen) atoms. The van der Waals surface area contributed by atoms with Gasteiger partial charge in [-0.1, -0.05) is 30.8 Å². The largest absolute Gasteiger partial charge is 0.426 e. The van der Waals surface area contributed by atoms with Crippen molar-refractivity contribution in [3.05, 3.63) is 42.5 Å². The van der Waals surface area contributed by atoms with Crippen molar-refractivity contribution in [3.63, 3.8) is 0 Å². The minimum atomic E-state index is -0.501. The van der Waals surface area contributed by atoms with Gasteiger partial charge in [-0.2, -0.15) is 0 Å². The summed E-state index contributed by atoms with van der Waals surface area (Å²) < 4.78 is 10.8. The van der Waals surface area contributed by atoms with Crippen LogP contribution in [0.4, 0.5) is 5.69 Å². The van der Waals surface area contributed by atoms with Crippen LogP contribution in [-0.2, 0) is 9.59 Å². The number of fused-ring (bicyclic) bond motifs is 1. The highest BCUT2D eigenvalue weighted by atomic mass is 16.5. The predicted molar refractivity (Wildman–Crippen MR) is 90.0 cm³/mol. The Bertz CT molecular complexity index is 793. The fourth-order valence-electron chi connectivity index (χ4n) is 2.16. The summed E-state index contributed by atoms with van der Waals surface area (Å²) in [6.07, 6.45) is 0. The van der Waals surface area contributed by atoms with E-state index < -0.39 is 11.9 Å². The van der Waals surface area contributed by atoms with Crippen molar-refractivity contribution in [1.82, 2.24) is 0 Å². The molecule has 0 heterocycles. The Balaban J connectivity index is 2.73. The molecule has 0 spiro atoms. The van der Waals surface area contributed by atoms with E-state index in [0.717, 1.165) is 0 Å². The van der Waals surface area contributed by atoms with Gasteiger partial charge in [0, 0.05) is 43.4 Å². The van der Waals surface area contributed by atoms with Gasteiger partial charge in [-0.3, -0.25) is 4.79 Å². The number of benzene rings is 2. The third-order valence-corrected chi connectivity index (χ3v) is 3.22. The monoisotopic (exact) mass is 313 g/mol. The summed E-state index contributed by atoms with van der Waals surface area (Å²) in [5.74, 6) is -0.0774. The molecule has 5 heteroatoms. The molecule has 0 bridgehead atoms. The van der Waals surface area contributed by atoms with Crippen LogP contribution in [-0.4, -0.2) is 26.0 Å². The van der Waals surface area contributed by atoms with Crippen molar-refractivity contribution >= 4 is 28.4 Å². The molecule has 0 aliphatic carbocycles. The molecular weight excluding hydrogens is 294 g/mol. The standard InChI is InChI=1S/C18H19NO4/c1-11(2)18(21)23-17-14-9-7-6-8-13(14)16(22-12(3)20)10-15(17)19(4)5/h6-10H,1H2,2-5H3. The first-order valence-electron chi connectivity index (χ1n) is 7.10. The highest BCUT2D eigenvalue weighted by molar-refractivity contribution is 6.02. The Hall–Kier alpha value is -2.82. The van der Waals surface area contributed by atoms with Crippen LogP contribution in [0.3, 0.4) is 0 Å². The fourth-order valence-corrected chi connectivity index (χ4v) is 2.16. The summed E-state index contributed by atoms with van der Waals surface area (Å²) in [6, 6.07) is 8.97. The highest BCUT2D eigenvalue weighted by Crippen LogP contribution is 2.41. The topological polar surface area (TPSA) is 55.8 Å². The predicted octanol–water partition coefficient (Wildman–Crippen LogP) is 3.31. The van der Waals surface area contributed by atoms with Gasteiger partial charge in [0.15, 0.2) is 5.75 Å². The first kappa shape index (κ1) is 16.5. The molecule has 2 rings (SSSR count). The van der Waals surface area contributed by atoms with Gasteiger partial charge in [0.1, 0.15) is 5.75 Å².